The van der Waals surface area contributed by atoms with Crippen LogP contribution in [0.5, 0.6) is 0 Å². The zero-order valence-corrected chi connectivity index (χ0v) is 20.3. The fourth-order valence-corrected chi connectivity index (χ4v) is 4.57. The smallest absolute Gasteiger partial charge is 0.271 e. The predicted octanol–water partition coefficient (Wildman–Crippen LogP) is 3.76. The molecule has 2 unspecified atom stereocenters. The van der Waals surface area contributed by atoms with Crippen LogP contribution < -0.4 is 0 Å². The van der Waals surface area contributed by atoms with Gasteiger partial charge in [0.1, 0.15) is 12.6 Å². The third kappa shape index (κ3) is 4.31. The molecule has 2 aliphatic rings. The van der Waals surface area contributed by atoms with Crippen LogP contribution in [0.1, 0.15) is 52.9 Å². The molecule has 1 saturated heterocycles. The van der Waals surface area contributed by atoms with E-state index in [2.05, 4.69) is 5.16 Å². The molecule has 9 heteroatoms. The Labute approximate surface area is 203 Å². The highest BCUT2D eigenvalue weighted by atomic mass is 35.5. The molecule has 0 radical (unpaired) electrons. The normalized spacial score (nSPS) is 21.9. The lowest BCUT2D eigenvalue weighted by Gasteiger charge is -2.23. The molecule has 0 aromatic heterocycles. The van der Waals surface area contributed by atoms with E-state index in [9.17, 15) is 14.4 Å². The van der Waals surface area contributed by atoms with Gasteiger partial charge in [-0.15, -0.1) is 0 Å². The summed E-state index contributed by atoms with van der Waals surface area (Å²) >= 11 is 6.24. The van der Waals surface area contributed by atoms with Crippen LogP contribution in [0.2, 0.25) is 5.02 Å². The first-order valence-electron chi connectivity index (χ1n) is 11.0. The number of carbonyl (C=O) groups excluding carboxylic acids is 3. The average Bonchev–Trinajstić information content (AvgIpc) is 3.37. The molecule has 8 nitrogen and oxygen atoms in total. The molecule has 3 amide bonds. The summed E-state index contributed by atoms with van der Waals surface area (Å²) in [5.74, 6) is -0.965. The Hall–Kier alpha value is -3.23. The maximum atomic E-state index is 13.1. The summed E-state index contributed by atoms with van der Waals surface area (Å²) in [6.07, 6.45) is 0.912. The summed E-state index contributed by atoms with van der Waals surface area (Å²) in [5, 5.41) is 6.10. The summed E-state index contributed by atoms with van der Waals surface area (Å²) < 4.78 is 0. The molecule has 0 aliphatic carbocycles. The first-order valence-corrected chi connectivity index (χ1v) is 11.4. The van der Waals surface area contributed by atoms with E-state index in [1.165, 1.54) is 0 Å². The quantitative estimate of drug-likeness (QED) is 0.584. The van der Waals surface area contributed by atoms with Gasteiger partial charge in [-0.2, -0.15) is 0 Å². The summed E-state index contributed by atoms with van der Waals surface area (Å²) in [7, 11) is 0. The van der Waals surface area contributed by atoms with Gasteiger partial charge in [0.2, 0.25) is 6.41 Å². The van der Waals surface area contributed by atoms with Crippen molar-refractivity contribution in [3.63, 3.8) is 0 Å². The standard InChI is InChI=1S/C25H26ClN3O5/c1-5-29-24(32)22(13-33-29)28(14-30)23(31)20-7-6-17(10-16(20)3)21-12-25(4,34-27-21)18-8-15(2)9-19(26)11-18/h6-11,14,22H,5,12-13H2,1-4H3. The first kappa shape index (κ1) is 23.9. The van der Waals surface area contributed by atoms with Crippen molar-refractivity contribution in [3.05, 3.63) is 69.2 Å². The van der Waals surface area contributed by atoms with Gasteiger partial charge in [-0.3, -0.25) is 24.1 Å². The molecule has 2 heterocycles. The minimum Gasteiger partial charge on any atom is -0.384 e. The number of aryl methyl sites for hydroxylation is 2. The number of oxime groups is 1. The van der Waals surface area contributed by atoms with E-state index in [4.69, 9.17) is 21.3 Å². The Morgan fingerprint density at radius 1 is 1.29 bits per heavy atom. The first-order chi connectivity index (χ1) is 16.2. The van der Waals surface area contributed by atoms with Crippen molar-refractivity contribution in [2.45, 2.75) is 45.8 Å². The third-order valence-electron chi connectivity index (χ3n) is 6.20. The second-order valence-corrected chi connectivity index (χ2v) is 9.18. The van der Waals surface area contributed by atoms with Crippen LogP contribution in [0.15, 0.2) is 41.6 Å². The highest BCUT2D eigenvalue weighted by Crippen LogP contribution is 2.37. The molecule has 4 rings (SSSR count). The Kier molecular flexibility index (Phi) is 6.47. The number of carbonyl (C=O) groups is 3. The van der Waals surface area contributed by atoms with Crippen molar-refractivity contribution in [1.29, 1.82) is 0 Å². The number of imide groups is 1. The van der Waals surface area contributed by atoms with Crippen LogP contribution in [0.25, 0.3) is 0 Å². The van der Waals surface area contributed by atoms with E-state index in [0.717, 1.165) is 32.4 Å². The van der Waals surface area contributed by atoms with Crippen LogP contribution in [0.3, 0.4) is 0 Å². The SMILES string of the molecule is CCN1OCC(N(C=O)C(=O)c2ccc(C3=NOC(C)(c4cc(C)cc(Cl)c4)C3)cc2C)C1=O. The topological polar surface area (TPSA) is 88.5 Å². The molecule has 2 aliphatic heterocycles. The van der Waals surface area contributed by atoms with Gasteiger partial charge in [-0.1, -0.05) is 28.9 Å². The minimum absolute atomic E-state index is 0.0516. The van der Waals surface area contributed by atoms with E-state index in [-0.39, 0.29) is 6.61 Å². The number of rotatable bonds is 6. The van der Waals surface area contributed by atoms with E-state index in [1.807, 2.05) is 38.1 Å². The lowest BCUT2D eigenvalue weighted by atomic mass is 9.88. The van der Waals surface area contributed by atoms with Crippen molar-refractivity contribution in [2.75, 3.05) is 13.2 Å². The largest absolute Gasteiger partial charge is 0.384 e. The number of hydrogen-bond donors (Lipinski definition) is 0. The van der Waals surface area contributed by atoms with Crippen molar-refractivity contribution in [2.24, 2.45) is 5.16 Å². The van der Waals surface area contributed by atoms with Crippen LogP contribution in [0, 0.1) is 13.8 Å². The third-order valence-corrected chi connectivity index (χ3v) is 6.41. The number of benzene rings is 2. The van der Waals surface area contributed by atoms with Crippen molar-refractivity contribution in [1.82, 2.24) is 9.96 Å². The molecule has 178 valence electrons. The highest BCUT2D eigenvalue weighted by Gasteiger charge is 2.40. The zero-order chi connectivity index (χ0) is 24.6. The number of nitrogens with zero attached hydrogens (tertiary/aromatic N) is 3. The predicted molar refractivity (Wildman–Crippen MR) is 126 cm³/mol. The maximum absolute atomic E-state index is 13.1. The second-order valence-electron chi connectivity index (χ2n) is 8.75. The van der Waals surface area contributed by atoms with Gasteiger partial charge in [0.25, 0.3) is 11.8 Å². The van der Waals surface area contributed by atoms with E-state index in [1.54, 1.807) is 26.0 Å². The van der Waals surface area contributed by atoms with E-state index in [0.29, 0.717) is 35.5 Å². The maximum Gasteiger partial charge on any atom is 0.271 e. The Balaban J connectivity index is 1.54. The van der Waals surface area contributed by atoms with Gasteiger partial charge in [0.15, 0.2) is 5.60 Å². The molecule has 34 heavy (non-hydrogen) atoms. The lowest BCUT2D eigenvalue weighted by Crippen LogP contribution is -2.45. The van der Waals surface area contributed by atoms with Crippen LogP contribution in [-0.2, 0) is 24.9 Å². The molecule has 2 aromatic carbocycles. The van der Waals surface area contributed by atoms with Gasteiger partial charge in [-0.05, 0) is 74.2 Å². The lowest BCUT2D eigenvalue weighted by molar-refractivity contribution is -0.160. The summed E-state index contributed by atoms with van der Waals surface area (Å²) in [6, 6.07) is 10.1. The molecule has 1 fully saturated rings. The minimum atomic E-state index is -0.974. The molecule has 2 aromatic rings. The molecule has 0 bridgehead atoms. The molecule has 0 N–H and O–H groups in total. The number of likely N-dealkylation sites (N-methyl/N-ethyl adjacent to an activating group) is 1. The fraction of sp³-hybridized carbons (Fsp3) is 0.360. The Morgan fingerprint density at radius 3 is 2.68 bits per heavy atom. The fourth-order valence-electron chi connectivity index (χ4n) is 4.28. The molecular formula is C25H26ClN3O5. The number of amides is 3. The Bertz CT molecular complexity index is 1180. The number of halogens is 1. The van der Waals surface area contributed by atoms with Crippen molar-refractivity contribution >= 4 is 35.5 Å². The van der Waals surface area contributed by atoms with E-state index < -0.39 is 23.5 Å². The number of hydroxylamine groups is 2. The van der Waals surface area contributed by atoms with E-state index >= 15 is 0 Å². The van der Waals surface area contributed by atoms with Gasteiger partial charge >= 0.3 is 0 Å². The molecule has 0 saturated carbocycles. The second kappa shape index (κ2) is 9.19. The summed E-state index contributed by atoms with van der Waals surface area (Å²) in [5.41, 5.74) is 3.85. The van der Waals surface area contributed by atoms with Gasteiger partial charge in [-0.25, -0.2) is 5.06 Å². The average molecular weight is 484 g/mol. The van der Waals surface area contributed by atoms with Gasteiger partial charge in [0, 0.05) is 23.6 Å². The Morgan fingerprint density at radius 2 is 2.06 bits per heavy atom. The van der Waals surface area contributed by atoms with Gasteiger partial charge < -0.3 is 4.84 Å². The van der Waals surface area contributed by atoms with Crippen LogP contribution in [0.4, 0.5) is 0 Å². The zero-order valence-electron chi connectivity index (χ0n) is 19.5. The van der Waals surface area contributed by atoms with Crippen molar-refractivity contribution < 1.29 is 24.1 Å². The number of hydrogen-bond acceptors (Lipinski definition) is 6. The highest BCUT2D eigenvalue weighted by molar-refractivity contribution is 6.30. The van der Waals surface area contributed by atoms with Gasteiger partial charge in [0.05, 0.1) is 5.71 Å². The van der Waals surface area contributed by atoms with Crippen LogP contribution >= 0.6 is 11.6 Å². The monoisotopic (exact) mass is 483 g/mol. The molecule has 2 atom stereocenters. The summed E-state index contributed by atoms with van der Waals surface area (Å²) in [6.45, 7) is 7.75. The molecule has 0 spiro atoms. The van der Waals surface area contributed by atoms with Crippen molar-refractivity contribution in [3.8, 4) is 0 Å². The molecular weight excluding hydrogens is 458 g/mol. The summed E-state index contributed by atoms with van der Waals surface area (Å²) in [4.78, 5) is 49.3. The van der Waals surface area contributed by atoms with Crippen LogP contribution in [-0.4, -0.2) is 53.1 Å².